The van der Waals surface area contributed by atoms with Gasteiger partial charge in [-0.3, -0.25) is 0 Å². The lowest BCUT2D eigenvalue weighted by atomic mass is 9.81. The number of hydrogen-bond acceptors (Lipinski definition) is 3. The van der Waals surface area contributed by atoms with Crippen molar-refractivity contribution in [2.24, 2.45) is 0 Å². The molecule has 1 aliphatic rings. The summed E-state index contributed by atoms with van der Waals surface area (Å²) < 4.78 is 0. The minimum absolute atomic E-state index is 0.538. The van der Waals surface area contributed by atoms with Gasteiger partial charge in [-0.15, -0.1) is 0 Å². The number of carboxylic acids is 1. The first-order chi connectivity index (χ1) is 8.66. The third-order valence-electron chi connectivity index (χ3n) is 3.49. The fraction of sp³-hybridized carbons (Fsp3) is 0.429. The number of nitriles is 1. The van der Waals surface area contributed by atoms with E-state index in [4.69, 9.17) is 5.26 Å². The fourth-order valence-electron chi connectivity index (χ4n) is 2.49. The van der Waals surface area contributed by atoms with Crippen LogP contribution in [0.4, 0.5) is 5.69 Å². The normalized spacial score (nSPS) is 17.7. The molecule has 0 unspecified atom stereocenters. The predicted molar refractivity (Wildman–Crippen MR) is 68.2 cm³/mol. The monoisotopic (exact) mass is 244 g/mol. The smallest absolute Gasteiger partial charge is 0.329 e. The minimum atomic E-state index is -0.869. The SMILES string of the molecule is N#Cc1cccc(NC2(C(=O)O)CCCCC2)c1. The summed E-state index contributed by atoms with van der Waals surface area (Å²) in [7, 11) is 0. The molecule has 1 aromatic rings. The van der Waals surface area contributed by atoms with Crippen molar-refractivity contribution in [1.82, 2.24) is 0 Å². The van der Waals surface area contributed by atoms with Crippen molar-refractivity contribution in [2.75, 3.05) is 5.32 Å². The molecule has 0 spiro atoms. The van der Waals surface area contributed by atoms with E-state index in [1.54, 1.807) is 24.3 Å². The lowest BCUT2D eigenvalue weighted by Crippen LogP contribution is -2.47. The van der Waals surface area contributed by atoms with Crippen molar-refractivity contribution in [2.45, 2.75) is 37.6 Å². The Morgan fingerprint density at radius 3 is 2.67 bits per heavy atom. The topological polar surface area (TPSA) is 73.1 Å². The first-order valence-electron chi connectivity index (χ1n) is 6.18. The predicted octanol–water partition coefficient (Wildman–Crippen LogP) is 2.76. The van der Waals surface area contributed by atoms with Crippen LogP contribution in [0, 0.1) is 11.3 Å². The van der Waals surface area contributed by atoms with E-state index >= 15 is 0 Å². The average molecular weight is 244 g/mol. The number of aliphatic carboxylic acids is 1. The number of hydrogen-bond donors (Lipinski definition) is 2. The van der Waals surface area contributed by atoms with Crippen molar-refractivity contribution in [1.29, 1.82) is 5.26 Å². The summed E-state index contributed by atoms with van der Waals surface area (Å²) in [6.45, 7) is 0. The Bertz CT molecular complexity index is 485. The van der Waals surface area contributed by atoms with E-state index in [0.717, 1.165) is 19.3 Å². The van der Waals surface area contributed by atoms with Gasteiger partial charge in [0, 0.05) is 5.69 Å². The van der Waals surface area contributed by atoms with Crippen LogP contribution in [0.5, 0.6) is 0 Å². The molecule has 1 fully saturated rings. The highest BCUT2D eigenvalue weighted by molar-refractivity contribution is 5.83. The van der Waals surface area contributed by atoms with Crippen LogP contribution in [-0.2, 0) is 4.79 Å². The molecule has 0 saturated heterocycles. The Hall–Kier alpha value is -2.02. The lowest BCUT2D eigenvalue weighted by molar-refractivity contribution is -0.143. The van der Waals surface area contributed by atoms with Crippen LogP contribution in [0.15, 0.2) is 24.3 Å². The van der Waals surface area contributed by atoms with Gasteiger partial charge in [-0.1, -0.05) is 25.3 Å². The highest BCUT2D eigenvalue weighted by Crippen LogP contribution is 2.32. The zero-order chi connectivity index (χ0) is 13.0. The van der Waals surface area contributed by atoms with E-state index in [1.807, 2.05) is 0 Å². The zero-order valence-corrected chi connectivity index (χ0v) is 10.1. The summed E-state index contributed by atoms with van der Waals surface area (Å²) in [5, 5.41) is 21.4. The van der Waals surface area contributed by atoms with Crippen molar-refractivity contribution in [3.8, 4) is 6.07 Å². The summed E-state index contributed by atoms with van der Waals surface area (Å²) in [5.74, 6) is -0.801. The third-order valence-corrected chi connectivity index (χ3v) is 3.49. The van der Waals surface area contributed by atoms with Crippen LogP contribution >= 0.6 is 0 Å². The summed E-state index contributed by atoms with van der Waals surface area (Å²) in [5.41, 5.74) is 0.376. The van der Waals surface area contributed by atoms with Gasteiger partial charge in [0.1, 0.15) is 5.54 Å². The number of benzene rings is 1. The molecule has 4 nitrogen and oxygen atoms in total. The maximum Gasteiger partial charge on any atom is 0.329 e. The van der Waals surface area contributed by atoms with Crippen LogP contribution in [0.3, 0.4) is 0 Å². The molecule has 1 saturated carbocycles. The van der Waals surface area contributed by atoms with Gasteiger partial charge in [0.15, 0.2) is 0 Å². The minimum Gasteiger partial charge on any atom is -0.480 e. The second kappa shape index (κ2) is 5.09. The van der Waals surface area contributed by atoms with Crippen molar-refractivity contribution < 1.29 is 9.90 Å². The lowest BCUT2D eigenvalue weighted by Gasteiger charge is -2.34. The van der Waals surface area contributed by atoms with Crippen LogP contribution in [-0.4, -0.2) is 16.6 Å². The molecule has 1 aliphatic carbocycles. The number of rotatable bonds is 3. The van der Waals surface area contributed by atoms with Gasteiger partial charge in [0.25, 0.3) is 0 Å². The molecule has 2 rings (SSSR count). The van der Waals surface area contributed by atoms with Crippen LogP contribution in [0.2, 0.25) is 0 Å². The maximum absolute atomic E-state index is 11.5. The highest BCUT2D eigenvalue weighted by Gasteiger charge is 2.39. The van der Waals surface area contributed by atoms with Crippen molar-refractivity contribution in [3.05, 3.63) is 29.8 Å². The summed E-state index contributed by atoms with van der Waals surface area (Å²) in [4.78, 5) is 11.5. The van der Waals surface area contributed by atoms with Gasteiger partial charge in [-0.2, -0.15) is 5.26 Å². The summed E-state index contributed by atoms with van der Waals surface area (Å²) in [6, 6.07) is 9.03. The Labute approximate surface area is 106 Å². The molecule has 0 aromatic heterocycles. The van der Waals surface area contributed by atoms with Crippen LogP contribution in [0.25, 0.3) is 0 Å². The number of anilines is 1. The van der Waals surface area contributed by atoms with Gasteiger partial charge in [-0.05, 0) is 31.0 Å². The first kappa shape index (κ1) is 12.4. The van der Waals surface area contributed by atoms with Gasteiger partial charge in [0.2, 0.25) is 0 Å². The van der Waals surface area contributed by atoms with E-state index in [2.05, 4.69) is 11.4 Å². The van der Waals surface area contributed by atoms with Crippen LogP contribution in [0.1, 0.15) is 37.7 Å². The molecular formula is C14H16N2O2. The summed E-state index contributed by atoms with van der Waals surface area (Å²) in [6.07, 6.45) is 4.22. The molecule has 4 heteroatoms. The van der Waals surface area contributed by atoms with E-state index in [-0.39, 0.29) is 0 Å². The Balaban J connectivity index is 2.23. The zero-order valence-electron chi connectivity index (χ0n) is 10.1. The van der Waals surface area contributed by atoms with Crippen molar-refractivity contribution >= 4 is 11.7 Å². The highest BCUT2D eigenvalue weighted by atomic mass is 16.4. The Morgan fingerprint density at radius 2 is 2.06 bits per heavy atom. The van der Waals surface area contributed by atoms with Gasteiger partial charge in [-0.25, -0.2) is 4.79 Å². The molecule has 0 radical (unpaired) electrons. The van der Waals surface area contributed by atoms with E-state index in [9.17, 15) is 9.90 Å². The number of nitrogens with zero attached hydrogens (tertiary/aromatic N) is 1. The van der Waals surface area contributed by atoms with Crippen LogP contribution < -0.4 is 5.32 Å². The molecule has 1 aromatic carbocycles. The maximum atomic E-state index is 11.5. The van der Waals surface area contributed by atoms with Crippen molar-refractivity contribution in [3.63, 3.8) is 0 Å². The standard InChI is InChI=1S/C14H16N2O2/c15-10-11-5-4-6-12(9-11)16-14(13(17)18)7-2-1-3-8-14/h4-6,9,16H,1-3,7-8H2,(H,17,18). The molecule has 0 bridgehead atoms. The molecule has 0 atom stereocenters. The molecule has 0 amide bonds. The number of carboxylic acid groups (broad SMARTS) is 1. The Kier molecular flexibility index (Phi) is 3.52. The number of carbonyl (C=O) groups is 1. The second-order valence-electron chi connectivity index (χ2n) is 4.77. The number of nitrogens with one attached hydrogen (secondary N) is 1. The molecule has 0 heterocycles. The molecule has 94 valence electrons. The second-order valence-corrected chi connectivity index (χ2v) is 4.77. The average Bonchev–Trinajstić information content (AvgIpc) is 2.40. The van der Waals surface area contributed by atoms with E-state index in [0.29, 0.717) is 24.1 Å². The quantitative estimate of drug-likeness (QED) is 0.857. The van der Waals surface area contributed by atoms with Gasteiger partial charge in [0.05, 0.1) is 11.6 Å². The molecular weight excluding hydrogens is 228 g/mol. The fourth-order valence-corrected chi connectivity index (χ4v) is 2.49. The van der Waals surface area contributed by atoms with E-state index in [1.165, 1.54) is 0 Å². The molecule has 18 heavy (non-hydrogen) atoms. The third kappa shape index (κ3) is 2.45. The molecule has 2 N–H and O–H groups in total. The molecule has 0 aliphatic heterocycles. The summed E-state index contributed by atoms with van der Waals surface area (Å²) >= 11 is 0. The van der Waals surface area contributed by atoms with Gasteiger partial charge < -0.3 is 10.4 Å². The Morgan fingerprint density at radius 1 is 1.33 bits per heavy atom. The largest absolute Gasteiger partial charge is 0.480 e. The first-order valence-corrected chi connectivity index (χ1v) is 6.18. The van der Waals surface area contributed by atoms with E-state index < -0.39 is 11.5 Å². The van der Waals surface area contributed by atoms with Gasteiger partial charge >= 0.3 is 5.97 Å².